The first-order chi connectivity index (χ1) is 19.3. The molecule has 0 spiro atoms. The number of benzene rings is 2. The highest BCUT2D eigenvalue weighted by molar-refractivity contribution is 8.27. The quantitative estimate of drug-likeness (QED) is 0.225. The standard InChI is InChI=1S/C28H26N4O4S4/c33-23(11-15-31-25(35)21(39-27(31)37)17-19-7-3-1-4-8-19)29-13-14-30-24(34)12-16-32-26(36)22(40-28(32)38)18-20-9-5-2-6-10-20/h1-10,17-18H,11-16H2,(H,29,33)(H,30,34). The summed E-state index contributed by atoms with van der Waals surface area (Å²) in [5.74, 6) is -0.928. The number of nitrogens with one attached hydrogen (secondary N) is 2. The van der Waals surface area contributed by atoms with Gasteiger partial charge in [-0.3, -0.25) is 29.0 Å². The van der Waals surface area contributed by atoms with Crippen LogP contribution >= 0.6 is 48.0 Å². The minimum atomic E-state index is -0.252. The predicted molar refractivity (Wildman–Crippen MR) is 168 cm³/mol. The van der Waals surface area contributed by atoms with E-state index in [1.807, 2.05) is 60.7 Å². The molecule has 12 heteroatoms. The summed E-state index contributed by atoms with van der Waals surface area (Å²) in [6, 6.07) is 19.0. The summed E-state index contributed by atoms with van der Waals surface area (Å²) >= 11 is 13.1. The predicted octanol–water partition coefficient (Wildman–Crippen LogP) is 3.80. The van der Waals surface area contributed by atoms with E-state index < -0.39 is 0 Å². The number of amides is 4. The fourth-order valence-corrected chi connectivity index (χ4v) is 6.41. The lowest BCUT2D eigenvalue weighted by molar-refractivity contribution is -0.126. The Morgan fingerprint density at radius 2 is 1.05 bits per heavy atom. The maximum absolute atomic E-state index is 12.7. The first-order valence-corrected chi connectivity index (χ1v) is 14.9. The Labute approximate surface area is 251 Å². The summed E-state index contributed by atoms with van der Waals surface area (Å²) in [4.78, 5) is 53.9. The maximum Gasteiger partial charge on any atom is 0.266 e. The van der Waals surface area contributed by atoms with E-state index in [4.69, 9.17) is 24.4 Å². The fourth-order valence-electron chi connectivity index (χ4n) is 3.79. The van der Waals surface area contributed by atoms with Crippen molar-refractivity contribution in [3.63, 3.8) is 0 Å². The molecule has 0 unspecified atom stereocenters. The van der Waals surface area contributed by atoms with E-state index in [1.165, 1.54) is 33.3 Å². The highest BCUT2D eigenvalue weighted by Gasteiger charge is 2.33. The second-order valence-corrected chi connectivity index (χ2v) is 12.0. The molecule has 2 aliphatic heterocycles. The number of thiocarbonyl (C=S) groups is 2. The van der Waals surface area contributed by atoms with Crippen LogP contribution < -0.4 is 10.6 Å². The van der Waals surface area contributed by atoms with Crippen LogP contribution in [0.2, 0.25) is 0 Å². The van der Waals surface area contributed by atoms with E-state index in [2.05, 4.69) is 10.6 Å². The number of hydrogen-bond donors (Lipinski definition) is 2. The molecule has 2 saturated heterocycles. The molecular weight excluding hydrogens is 585 g/mol. The van der Waals surface area contributed by atoms with Gasteiger partial charge in [-0.05, 0) is 23.3 Å². The van der Waals surface area contributed by atoms with Crippen molar-refractivity contribution < 1.29 is 19.2 Å². The third-order valence-electron chi connectivity index (χ3n) is 5.84. The van der Waals surface area contributed by atoms with Crippen molar-refractivity contribution in [1.29, 1.82) is 0 Å². The van der Waals surface area contributed by atoms with Crippen LogP contribution in [-0.2, 0) is 19.2 Å². The summed E-state index contributed by atoms with van der Waals surface area (Å²) in [5.41, 5.74) is 1.81. The summed E-state index contributed by atoms with van der Waals surface area (Å²) in [5, 5.41) is 5.46. The van der Waals surface area contributed by atoms with Gasteiger partial charge in [-0.25, -0.2) is 0 Å². The van der Waals surface area contributed by atoms with Crippen molar-refractivity contribution in [3.8, 4) is 0 Å². The highest BCUT2D eigenvalue weighted by atomic mass is 32.2. The molecule has 4 rings (SSSR count). The van der Waals surface area contributed by atoms with E-state index in [0.29, 0.717) is 18.5 Å². The summed E-state index contributed by atoms with van der Waals surface area (Å²) in [6.07, 6.45) is 3.75. The van der Waals surface area contributed by atoms with Crippen molar-refractivity contribution in [2.24, 2.45) is 0 Å². The van der Waals surface area contributed by atoms with Crippen LogP contribution in [0.25, 0.3) is 12.2 Å². The topological polar surface area (TPSA) is 98.8 Å². The molecule has 0 radical (unpaired) electrons. The molecule has 0 aromatic heterocycles. The van der Waals surface area contributed by atoms with Gasteiger partial charge < -0.3 is 10.6 Å². The Hall–Kier alpha value is -3.32. The van der Waals surface area contributed by atoms with Gasteiger partial charge in [0.05, 0.1) is 9.81 Å². The van der Waals surface area contributed by atoms with Crippen LogP contribution in [-0.4, -0.2) is 68.2 Å². The number of hydrogen-bond acceptors (Lipinski definition) is 8. The first-order valence-electron chi connectivity index (χ1n) is 12.5. The zero-order valence-corrected chi connectivity index (χ0v) is 24.6. The number of carbonyl (C=O) groups is 4. The Morgan fingerprint density at radius 1 is 0.675 bits per heavy atom. The van der Waals surface area contributed by atoms with Crippen molar-refractivity contribution in [1.82, 2.24) is 20.4 Å². The molecule has 4 amide bonds. The van der Waals surface area contributed by atoms with E-state index in [0.717, 1.165) is 11.1 Å². The highest BCUT2D eigenvalue weighted by Crippen LogP contribution is 2.33. The smallest absolute Gasteiger partial charge is 0.266 e. The number of carbonyl (C=O) groups excluding carboxylic acids is 4. The van der Waals surface area contributed by atoms with E-state index >= 15 is 0 Å². The monoisotopic (exact) mass is 610 g/mol. The average molecular weight is 611 g/mol. The van der Waals surface area contributed by atoms with Crippen LogP contribution in [0.15, 0.2) is 70.5 Å². The van der Waals surface area contributed by atoms with Gasteiger partial charge in [-0.15, -0.1) is 0 Å². The Balaban J connectivity index is 1.13. The Bertz CT molecular complexity index is 1270. The van der Waals surface area contributed by atoms with Crippen LogP contribution in [0.1, 0.15) is 24.0 Å². The summed E-state index contributed by atoms with van der Waals surface area (Å²) < 4.78 is 0.841. The maximum atomic E-state index is 12.7. The molecule has 0 saturated carbocycles. The number of rotatable bonds is 11. The van der Waals surface area contributed by atoms with Gasteiger partial charge in [0.2, 0.25) is 11.8 Å². The van der Waals surface area contributed by atoms with Crippen molar-refractivity contribution in [2.45, 2.75) is 12.8 Å². The third kappa shape index (κ3) is 8.10. The van der Waals surface area contributed by atoms with Gasteiger partial charge in [-0.2, -0.15) is 0 Å². The van der Waals surface area contributed by atoms with Gasteiger partial charge in [-0.1, -0.05) is 109 Å². The molecule has 2 N–H and O–H groups in total. The van der Waals surface area contributed by atoms with Gasteiger partial charge in [0, 0.05) is 39.0 Å². The zero-order valence-electron chi connectivity index (χ0n) is 21.3. The van der Waals surface area contributed by atoms with Gasteiger partial charge in [0.1, 0.15) is 8.64 Å². The summed E-state index contributed by atoms with van der Waals surface area (Å²) in [6.45, 7) is 0.824. The molecule has 206 valence electrons. The normalized spacial score (nSPS) is 17.3. The minimum absolute atomic E-state index is 0.0873. The second kappa shape index (κ2) is 14.4. The molecule has 2 aromatic carbocycles. The molecule has 2 aliphatic rings. The third-order valence-corrected chi connectivity index (χ3v) is 8.59. The molecule has 0 bridgehead atoms. The van der Waals surface area contributed by atoms with Gasteiger partial charge in [0.25, 0.3) is 11.8 Å². The number of nitrogens with zero attached hydrogens (tertiary/aromatic N) is 2. The Morgan fingerprint density at radius 3 is 1.43 bits per heavy atom. The van der Waals surface area contributed by atoms with Crippen molar-refractivity contribution >= 4 is 92.4 Å². The van der Waals surface area contributed by atoms with Gasteiger partial charge >= 0.3 is 0 Å². The van der Waals surface area contributed by atoms with E-state index in [9.17, 15) is 19.2 Å². The van der Waals surface area contributed by atoms with Crippen molar-refractivity contribution in [2.75, 3.05) is 26.2 Å². The van der Waals surface area contributed by atoms with E-state index in [-0.39, 0.29) is 62.6 Å². The van der Waals surface area contributed by atoms with Crippen LogP contribution in [0.5, 0.6) is 0 Å². The van der Waals surface area contributed by atoms with Crippen molar-refractivity contribution in [3.05, 3.63) is 81.6 Å². The second-order valence-electron chi connectivity index (χ2n) is 8.69. The molecule has 2 aromatic rings. The molecule has 0 atom stereocenters. The minimum Gasteiger partial charge on any atom is -0.354 e. The molecule has 8 nitrogen and oxygen atoms in total. The molecule has 2 fully saturated rings. The zero-order chi connectivity index (χ0) is 28.5. The lowest BCUT2D eigenvalue weighted by atomic mass is 10.2. The van der Waals surface area contributed by atoms with Gasteiger partial charge in [0.15, 0.2) is 0 Å². The SMILES string of the molecule is O=C(CCN1C(=O)C(=Cc2ccccc2)SC1=S)NCCNC(=O)CCN1C(=O)C(=Cc2ccccc2)SC1=S. The lowest BCUT2D eigenvalue weighted by Crippen LogP contribution is -2.38. The fraction of sp³-hybridized carbons (Fsp3) is 0.214. The molecule has 2 heterocycles. The average Bonchev–Trinajstić information content (AvgIpc) is 3.37. The molecule has 40 heavy (non-hydrogen) atoms. The summed E-state index contributed by atoms with van der Waals surface area (Å²) in [7, 11) is 0. The van der Waals surface area contributed by atoms with Crippen LogP contribution in [0.4, 0.5) is 0 Å². The van der Waals surface area contributed by atoms with E-state index in [1.54, 1.807) is 12.2 Å². The largest absolute Gasteiger partial charge is 0.354 e. The van der Waals surface area contributed by atoms with Crippen LogP contribution in [0.3, 0.4) is 0 Å². The molecular formula is C28H26N4O4S4. The van der Waals surface area contributed by atoms with Crippen LogP contribution in [0, 0.1) is 0 Å². The number of thioether (sulfide) groups is 2. The first kappa shape index (κ1) is 29.7. The molecule has 0 aliphatic carbocycles. The Kier molecular flexibility index (Phi) is 10.6. The lowest BCUT2D eigenvalue weighted by Gasteiger charge is -2.15.